The molecular formula is C18H35N3O5S. The van der Waals surface area contributed by atoms with E-state index in [9.17, 15) is 9.59 Å². The quantitative estimate of drug-likeness (QED) is 0.127. The molecule has 0 aromatic rings. The van der Waals surface area contributed by atoms with Gasteiger partial charge in [-0.1, -0.05) is 5.16 Å². The summed E-state index contributed by atoms with van der Waals surface area (Å²) in [5.74, 6) is 1.34. The first-order chi connectivity index (χ1) is 12.3. The average molecular weight is 406 g/mol. The molecule has 9 heteroatoms. The fourth-order valence-corrected chi connectivity index (χ4v) is 3.00. The molecule has 0 aliphatic heterocycles. The largest absolute Gasteiger partial charge is 0.460 e. The van der Waals surface area contributed by atoms with Crippen molar-refractivity contribution in [3.63, 3.8) is 0 Å². The van der Waals surface area contributed by atoms with Crippen LogP contribution in [0, 0.1) is 0 Å². The minimum atomic E-state index is -0.622. The van der Waals surface area contributed by atoms with Crippen molar-refractivity contribution in [3.8, 4) is 0 Å². The number of nitrogens with two attached hydrogens (primary N) is 1. The Bertz CT molecular complexity index is 498. The molecule has 0 heterocycles. The van der Waals surface area contributed by atoms with Gasteiger partial charge in [-0.25, -0.2) is 4.79 Å². The number of hydrogen-bond donors (Lipinski definition) is 3. The van der Waals surface area contributed by atoms with Crippen LogP contribution in [0.2, 0.25) is 0 Å². The van der Waals surface area contributed by atoms with E-state index in [2.05, 4.69) is 10.5 Å². The second kappa shape index (κ2) is 11.9. The van der Waals surface area contributed by atoms with Crippen LogP contribution in [-0.2, 0) is 14.3 Å². The maximum absolute atomic E-state index is 11.9. The Kier molecular flexibility index (Phi) is 11.2. The summed E-state index contributed by atoms with van der Waals surface area (Å²) in [4.78, 5) is 23.5. The molecule has 0 bridgehead atoms. The Labute approximate surface area is 166 Å². The number of unbranched alkanes of at least 4 members (excludes halogenated alkanes) is 1. The van der Waals surface area contributed by atoms with Crippen molar-refractivity contribution < 1.29 is 24.3 Å². The van der Waals surface area contributed by atoms with Crippen LogP contribution in [0.4, 0.5) is 4.79 Å². The highest BCUT2D eigenvalue weighted by atomic mass is 32.2. The molecule has 8 nitrogen and oxygen atoms in total. The summed E-state index contributed by atoms with van der Waals surface area (Å²) in [7, 11) is 0. The summed E-state index contributed by atoms with van der Waals surface area (Å²) >= 11 is 1.68. The van der Waals surface area contributed by atoms with Crippen LogP contribution in [0.15, 0.2) is 5.16 Å². The number of nitrogens with zero attached hydrogens (tertiary/aromatic N) is 1. The van der Waals surface area contributed by atoms with Gasteiger partial charge in [0.15, 0.2) is 5.84 Å². The first-order valence-corrected chi connectivity index (χ1v) is 10.3. The van der Waals surface area contributed by atoms with E-state index in [1.807, 2.05) is 20.8 Å². The lowest BCUT2D eigenvalue weighted by molar-refractivity contribution is -0.154. The van der Waals surface area contributed by atoms with Crippen molar-refractivity contribution >= 4 is 29.7 Å². The maximum atomic E-state index is 11.9. The molecule has 0 rings (SSSR count). The Morgan fingerprint density at radius 2 is 1.67 bits per heavy atom. The third-order valence-electron chi connectivity index (χ3n) is 3.05. The summed E-state index contributed by atoms with van der Waals surface area (Å²) in [6.45, 7) is 10.8. The van der Waals surface area contributed by atoms with Crippen LogP contribution >= 0.6 is 11.8 Å². The van der Waals surface area contributed by atoms with Crippen molar-refractivity contribution in [1.29, 1.82) is 0 Å². The minimum absolute atomic E-state index is 0.0635. The Morgan fingerprint density at radius 3 is 2.19 bits per heavy atom. The van der Waals surface area contributed by atoms with Crippen LogP contribution in [0.5, 0.6) is 0 Å². The molecule has 0 fully saturated rings. The lowest BCUT2D eigenvalue weighted by atomic mass is 10.2. The van der Waals surface area contributed by atoms with E-state index in [-0.39, 0.29) is 11.8 Å². The number of ether oxygens (including phenoxy) is 2. The number of carbonyl (C=O) groups excluding carboxylic acids is 2. The number of esters is 1. The van der Waals surface area contributed by atoms with Crippen LogP contribution in [0.1, 0.15) is 67.2 Å². The molecule has 0 saturated carbocycles. The second-order valence-corrected chi connectivity index (χ2v) is 9.39. The molecule has 0 aromatic carbocycles. The fraction of sp³-hybridized carbons (Fsp3) is 0.833. The van der Waals surface area contributed by atoms with Crippen LogP contribution in [0.3, 0.4) is 0 Å². The molecule has 4 N–H and O–H groups in total. The molecule has 0 saturated heterocycles. The van der Waals surface area contributed by atoms with E-state index in [4.69, 9.17) is 20.4 Å². The highest BCUT2D eigenvalue weighted by Gasteiger charge is 2.22. The van der Waals surface area contributed by atoms with Crippen molar-refractivity contribution in [2.24, 2.45) is 10.9 Å². The van der Waals surface area contributed by atoms with Gasteiger partial charge in [-0.2, -0.15) is 11.8 Å². The smallest absolute Gasteiger partial charge is 0.408 e. The minimum Gasteiger partial charge on any atom is -0.460 e. The van der Waals surface area contributed by atoms with Gasteiger partial charge in [0.1, 0.15) is 11.2 Å². The zero-order valence-electron chi connectivity index (χ0n) is 17.3. The third-order valence-corrected chi connectivity index (χ3v) is 4.16. The van der Waals surface area contributed by atoms with Gasteiger partial charge in [-0.3, -0.25) is 4.79 Å². The molecule has 1 atom stereocenters. The Balaban J connectivity index is 4.08. The summed E-state index contributed by atoms with van der Waals surface area (Å²) in [5, 5.41) is 14.5. The number of carbonyl (C=O) groups is 2. The predicted molar refractivity (Wildman–Crippen MR) is 108 cm³/mol. The Hall–Kier alpha value is -1.64. The average Bonchev–Trinajstić information content (AvgIpc) is 2.48. The van der Waals surface area contributed by atoms with Gasteiger partial charge < -0.3 is 25.7 Å². The molecule has 0 aliphatic carbocycles. The highest BCUT2D eigenvalue weighted by Crippen LogP contribution is 2.13. The molecular weight excluding hydrogens is 370 g/mol. The number of amidine groups is 1. The molecule has 27 heavy (non-hydrogen) atoms. The first kappa shape index (κ1) is 25.4. The van der Waals surface area contributed by atoms with E-state index in [1.54, 1.807) is 32.5 Å². The summed E-state index contributed by atoms with van der Waals surface area (Å²) < 4.78 is 10.4. The number of nitrogens with one attached hydrogen (secondary N) is 1. The first-order valence-electron chi connectivity index (χ1n) is 9.10. The van der Waals surface area contributed by atoms with Gasteiger partial charge in [0, 0.05) is 6.42 Å². The third kappa shape index (κ3) is 15.1. The number of amides is 1. The van der Waals surface area contributed by atoms with Gasteiger partial charge in [0.05, 0.1) is 6.04 Å². The van der Waals surface area contributed by atoms with Gasteiger partial charge in [0.25, 0.3) is 0 Å². The van der Waals surface area contributed by atoms with Crippen LogP contribution < -0.4 is 11.1 Å². The SMILES string of the molecule is CC(C)(C)OC(=O)CCCCSCCC(NC(=O)OC(C)(C)C)/C(N)=N/O. The van der Waals surface area contributed by atoms with Gasteiger partial charge >= 0.3 is 12.1 Å². The van der Waals surface area contributed by atoms with E-state index < -0.39 is 23.3 Å². The summed E-state index contributed by atoms with van der Waals surface area (Å²) in [6, 6.07) is -0.598. The number of oxime groups is 1. The number of hydrogen-bond acceptors (Lipinski definition) is 7. The molecule has 0 radical (unpaired) electrons. The van der Waals surface area contributed by atoms with Crippen molar-refractivity contribution in [3.05, 3.63) is 0 Å². The predicted octanol–water partition coefficient (Wildman–Crippen LogP) is 3.26. The zero-order valence-corrected chi connectivity index (χ0v) is 18.1. The van der Waals surface area contributed by atoms with Crippen molar-refractivity contribution in [2.75, 3.05) is 11.5 Å². The fourth-order valence-electron chi connectivity index (χ4n) is 1.98. The molecule has 1 unspecified atom stereocenters. The highest BCUT2D eigenvalue weighted by molar-refractivity contribution is 7.99. The number of alkyl carbamates (subject to hydrolysis) is 1. The standard InChI is InChI=1S/C18H35N3O5S/c1-17(2,3)25-14(22)9-7-8-11-27-12-10-13(15(19)21-24)20-16(23)26-18(4,5)6/h13,24H,7-12H2,1-6H3,(H2,19,21)(H,20,23). The molecule has 0 aromatic heterocycles. The number of thioether (sulfide) groups is 1. The molecule has 1 amide bonds. The van der Waals surface area contributed by atoms with Crippen LogP contribution in [0.25, 0.3) is 0 Å². The van der Waals surface area contributed by atoms with Gasteiger partial charge in [-0.15, -0.1) is 0 Å². The van der Waals surface area contributed by atoms with E-state index in [0.29, 0.717) is 18.6 Å². The van der Waals surface area contributed by atoms with Crippen LogP contribution in [-0.4, -0.2) is 51.9 Å². The number of rotatable bonds is 10. The van der Waals surface area contributed by atoms with E-state index >= 15 is 0 Å². The van der Waals surface area contributed by atoms with Gasteiger partial charge in [-0.05, 0) is 72.3 Å². The maximum Gasteiger partial charge on any atom is 0.408 e. The normalized spacial score (nSPS) is 13.8. The molecule has 0 spiro atoms. The lowest BCUT2D eigenvalue weighted by Crippen LogP contribution is -2.46. The summed E-state index contributed by atoms with van der Waals surface area (Å²) in [6.07, 6.45) is 1.96. The second-order valence-electron chi connectivity index (χ2n) is 8.17. The monoisotopic (exact) mass is 405 g/mol. The summed E-state index contributed by atoms with van der Waals surface area (Å²) in [5.41, 5.74) is 4.57. The van der Waals surface area contributed by atoms with Crippen molar-refractivity contribution in [1.82, 2.24) is 5.32 Å². The lowest BCUT2D eigenvalue weighted by Gasteiger charge is -2.23. The molecule has 0 aliphatic rings. The Morgan fingerprint density at radius 1 is 1.07 bits per heavy atom. The topological polar surface area (TPSA) is 123 Å². The van der Waals surface area contributed by atoms with Crippen molar-refractivity contribution in [2.45, 2.75) is 84.5 Å². The van der Waals surface area contributed by atoms with E-state index in [1.165, 1.54) is 0 Å². The molecule has 158 valence electrons. The van der Waals surface area contributed by atoms with E-state index in [0.717, 1.165) is 18.6 Å². The zero-order chi connectivity index (χ0) is 21.1. The van der Waals surface area contributed by atoms with Gasteiger partial charge in [0.2, 0.25) is 0 Å².